The van der Waals surface area contributed by atoms with Gasteiger partial charge in [0.1, 0.15) is 5.82 Å². The first kappa shape index (κ1) is 17.7. The number of nitrogens with zero attached hydrogens (tertiary/aromatic N) is 1. The first-order valence-electron chi connectivity index (χ1n) is 10.6. The molecule has 2 fully saturated rings. The van der Waals surface area contributed by atoms with Crippen LogP contribution in [-0.4, -0.2) is 21.9 Å². The summed E-state index contributed by atoms with van der Waals surface area (Å²) < 4.78 is 0. The zero-order valence-electron chi connectivity index (χ0n) is 16.2. The quantitative estimate of drug-likeness (QED) is 0.804. The second-order valence-corrected chi connectivity index (χ2v) is 8.93. The molecule has 5 rings (SSSR count). The molecule has 1 amide bonds. The minimum atomic E-state index is -0.140. The monoisotopic (exact) mass is 377 g/mol. The average molecular weight is 377 g/mol. The van der Waals surface area contributed by atoms with Crippen LogP contribution in [0.5, 0.6) is 0 Å². The molecular weight excluding hydrogens is 350 g/mol. The van der Waals surface area contributed by atoms with Crippen molar-refractivity contribution in [2.75, 3.05) is 0 Å². The SMILES string of the molecule is CC1CCC(NC(=O)[C@@H]2[C@@H](c3nc4ccccc4c(=O)[nH]3)[C@@H]3C=C[C@@H]2C3)CC1. The highest BCUT2D eigenvalue weighted by atomic mass is 16.2. The maximum atomic E-state index is 13.3. The highest BCUT2D eigenvalue weighted by Gasteiger charge is 2.50. The van der Waals surface area contributed by atoms with Gasteiger partial charge in [-0.3, -0.25) is 9.59 Å². The number of para-hydroxylation sites is 1. The second kappa shape index (κ2) is 6.87. The Morgan fingerprint density at radius 3 is 2.68 bits per heavy atom. The number of benzene rings is 1. The molecule has 2 saturated carbocycles. The molecule has 5 heteroatoms. The molecule has 1 heterocycles. The van der Waals surface area contributed by atoms with Crippen molar-refractivity contribution in [1.29, 1.82) is 0 Å². The average Bonchev–Trinajstić information content (AvgIpc) is 3.31. The summed E-state index contributed by atoms with van der Waals surface area (Å²) in [6.07, 6.45) is 9.87. The van der Waals surface area contributed by atoms with E-state index >= 15 is 0 Å². The fourth-order valence-electron chi connectivity index (χ4n) is 5.52. The van der Waals surface area contributed by atoms with Crippen LogP contribution in [0.25, 0.3) is 10.9 Å². The smallest absolute Gasteiger partial charge is 0.258 e. The van der Waals surface area contributed by atoms with Crippen molar-refractivity contribution in [2.24, 2.45) is 23.7 Å². The highest BCUT2D eigenvalue weighted by Crippen LogP contribution is 2.52. The van der Waals surface area contributed by atoms with Gasteiger partial charge in [-0.1, -0.05) is 31.2 Å². The van der Waals surface area contributed by atoms with Crippen LogP contribution in [0, 0.1) is 23.7 Å². The summed E-state index contributed by atoms with van der Waals surface area (Å²) in [5, 5.41) is 3.92. The molecule has 3 aliphatic carbocycles. The Bertz CT molecular complexity index is 987. The lowest BCUT2D eigenvalue weighted by atomic mass is 9.81. The van der Waals surface area contributed by atoms with E-state index in [1.54, 1.807) is 6.07 Å². The number of hydrogen-bond acceptors (Lipinski definition) is 3. The van der Waals surface area contributed by atoms with Crippen molar-refractivity contribution in [2.45, 2.75) is 51.0 Å². The number of aromatic amines is 1. The molecule has 146 valence electrons. The number of hydrogen-bond donors (Lipinski definition) is 2. The summed E-state index contributed by atoms with van der Waals surface area (Å²) in [7, 11) is 0. The van der Waals surface area contributed by atoms with Gasteiger partial charge in [-0.05, 0) is 62.0 Å². The predicted octanol–water partition coefficient (Wildman–Crippen LogP) is 3.52. The molecule has 2 aromatic rings. The molecular formula is C23H27N3O2. The van der Waals surface area contributed by atoms with Crippen molar-refractivity contribution in [3.05, 3.63) is 52.6 Å². The third kappa shape index (κ3) is 2.97. The van der Waals surface area contributed by atoms with Gasteiger partial charge in [-0.15, -0.1) is 0 Å². The molecule has 1 aromatic carbocycles. The van der Waals surface area contributed by atoms with E-state index in [4.69, 9.17) is 4.98 Å². The molecule has 0 spiro atoms. The van der Waals surface area contributed by atoms with Crippen LogP contribution >= 0.6 is 0 Å². The minimum Gasteiger partial charge on any atom is -0.353 e. The summed E-state index contributed by atoms with van der Waals surface area (Å²) in [4.78, 5) is 33.6. The van der Waals surface area contributed by atoms with E-state index in [0.29, 0.717) is 16.7 Å². The Morgan fingerprint density at radius 1 is 1.11 bits per heavy atom. The van der Waals surface area contributed by atoms with Crippen LogP contribution in [0.4, 0.5) is 0 Å². The minimum absolute atomic E-state index is 0.0465. The van der Waals surface area contributed by atoms with Crippen LogP contribution < -0.4 is 10.9 Å². The molecule has 3 aliphatic rings. The van der Waals surface area contributed by atoms with Gasteiger partial charge in [0.25, 0.3) is 5.56 Å². The fourth-order valence-corrected chi connectivity index (χ4v) is 5.52. The van der Waals surface area contributed by atoms with Gasteiger partial charge in [0.2, 0.25) is 5.91 Å². The Morgan fingerprint density at radius 2 is 1.86 bits per heavy atom. The normalized spacial score (nSPS) is 34.0. The van der Waals surface area contributed by atoms with Gasteiger partial charge < -0.3 is 10.3 Å². The Balaban J connectivity index is 1.44. The predicted molar refractivity (Wildman–Crippen MR) is 109 cm³/mol. The van der Waals surface area contributed by atoms with Crippen LogP contribution in [0.1, 0.15) is 50.8 Å². The summed E-state index contributed by atoms with van der Waals surface area (Å²) >= 11 is 0. The van der Waals surface area contributed by atoms with Crippen molar-refractivity contribution in [3.63, 3.8) is 0 Å². The number of allylic oxidation sites excluding steroid dienone is 2. The summed E-state index contributed by atoms with van der Waals surface area (Å²) in [6.45, 7) is 2.29. The first-order valence-corrected chi connectivity index (χ1v) is 10.6. The van der Waals surface area contributed by atoms with E-state index in [9.17, 15) is 9.59 Å². The van der Waals surface area contributed by atoms with E-state index < -0.39 is 0 Å². The molecule has 2 N–H and O–H groups in total. The summed E-state index contributed by atoms with van der Waals surface area (Å²) in [6, 6.07) is 7.69. The number of fused-ring (bicyclic) bond motifs is 3. The lowest BCUT2D eigenvalue weighted by Gasteiger charge is -2.31. The van der Waals surface area contributed by atoms with Gasteiger partial charge in [0.05, 0.1) is 16.8 Å². The van der Waals surface area contributed by atoms with Gasteiger partial charge in [-0.25, -0.2) is 4.98 Å². The topological polar surface area (TPSA) is 74.8 Å². The van der Waals surface area contributed by atoms with E-state index in [1.165, 1.54) is 12.8 Å². The number of rotatable bonds is 3. The number of nitrogens with one attached hydrogen (secondary N) is 2. The first-order chi connectivity index (χ1) is 13.6. The Kier molecular flexibility index (Phi) is 4.33. The summed E-state index contributed by atoms with van der Waals surface area (Å²) in [5.41, 5.74) is 0.584. The maximum Gasteiger partial charge on any atom is 0.258 e. The number of H-pyrrole nitrogens is 1. The van der Waals surface area contributed by atoms with Gasteiger partial charge >= 0.3 is 0 Å². The highest BCUT2D eigenvalue weighted by molar-refractivity contribution is 5.82. The Labute approximate surface area is 164 Å². The van der Waals surface area contributed by atoms with Gasteiger partial charge in [0.15, 0.2) is 0 Å². The zero-order chi connectivity index (χ0) is 19.3. The number of carbonyl (C=O) groups is 1. The lowest BCUT2D eigenvalue weighted by molar-refractivity contribution is -0.127. The molecule has 5 nitrogen and oxygen atoms in total. The molecule has 0 aliphatic heterocycles. The number of aromatic nitrogens is 2. The van der Waals surface area contributed by atoms with Crippen molar-refractivity contribution in [3.8, 4) is 0 Å². The summed E-state index contributed by atoms with van der Waals surface area (Å²) in [5.74, 6) is 1.90. The van der Waals surface area contributed by atoms with E-state index in [1.807, 2.05) is 18.2 Å². The number of carbonyl (C=O) groups excluding carboxylic acids is 1. The van der Waals surface area contributed by atoms with Crippen LogP contribution in [-0.2, 0) is 4.79 Å². The van der Waals surface area contributed by atoms with E-state index in [0.717, 1.165) is 25.2 Å². The molecule has 0 radical (unpaired) electrons. The molecule has 4 atom stereocenters. The van der Waals surface area contributed by atoms with E-state index in [2.05, 4.69) is 29.4 Å². The van der Waals surface area contributed by atoms with Crippen molar-refractivity contribution in [1.82, 2.24) is 15.3 Å². The molecule has 2 bridgehead atoms. The second-order valence-electron chi connectivity index (χ2n) is 8.93. The lowest BCUT2D eigenvalue weighted by Crippen LogP contribution is -2.43. The third-order valence-corrected chi connectivity index (χ3v) is 7.07. The molecule has 28 heavy (non-hydrogen) atoms. The zero-order valence-corrected chi connectivity index (χ0v) is 16.2. The largest absolute Gasteiger partial charge is 0.353 e. The van der Waals surface area contributed by atoms with Crippen molar-refractivity contribution < 1.29 is 4.79 Å². The molecule has 0 unspecified atom stereocenters. The van der Waals surface area contributed by atoms with Crippen molar-refractivity contribution >= 4 is 16.8 Å². The van der Waals surface area contributed by atoms with Crippen LogP contribution in [0.3, 0.4) is 0 Å². The Hall–Kier alpha value is -2.43. The van der Waals surface area contributed by atoms with Gasteiger partial charge in [0, 0.05) is 12.0 Å². The fraction of sp³-hybridized carbons (Fsp3) is 0.522. The third-order valence-electron chi connectivity index (χ3n) is 7.07. The molecule has 1 aromatic heterocycles. The number of amides is 1. The van der Waals surface area contributed by atoms with Crippen LogP contribution in [0.15, 0.2) is 41.2 Å². The standard InChI is InChI=1S/C23H27N3O2/c1-13-6-10-16(11-7-13)24-23(28)20-15-9-8-14(12-15)19(20)21-25-18-5-3-2-4-17(18)22(27)26-21/h2-5,8-9,13-16,19-20H,6-7,10-12H2,1H3,(H,24,28)(H,25,26,27)/t13?,14-,15-,16?,19+,20+/m1/s1. The van der Waals surface area contributed by atoms with Crippen LogP contribution in [0.2, 0.25) is 0 Å². The van der Waals surface area contributed by atoms with Gasteiger partial charge in [-0.2, -0.15) is 0 Å². The maximum absolute atomic E-state index is 13.3. The van der Waals surface area contributed by atoms with E-state index in [-0.39, 0.29) is 41.2 Å². The molecule has 0 saturated heterocycles.